The lowest BCUT2D eigenvalue weighted by Crippen LogP contribution is -2.21. The van der Waals surface area contributed by atoms with E-state index in [1.807, 2.05) is 0 Å². The average molecular weight is 277 g/mol. The largest absolute Gasteiger partial charge is 0.310 e. The first kappa shape index (κ1) is 14.0. The second-order valence-corrected chi connectivity index (χ2v) is 5.72. The van der Waals surface area contributed by atoms with E-state index in [4.69, 9.17) is 0 Å². The molecule has 6 heteroatoms. The van der Waals surface area contributed by atoms with Gasteiger partial charge in [0, 0.05) is 17.5 Å². The van der Waals surface area contributed by atoms with Gasteiger partial charge < -0.3 is 5.32 Å². The highest BCUT2D eigenvalue weighted by Crippen LogP contribution is 2.22. The van der Waals surface area contributed by atoms with Gasteiger partial charge >= 0.3 is 0 Å². The summed E-state index contributed by atoms with van der Waals surface area (Å²) in [6.07, 6.45) is 0. The van der Waals surface area contributed by atoms with Crippen LogP contribution in [0.1, 0.15) is 25.2 Å². The van der Waals surface area contributed by atoms with E-state index in [-0.39, 0.29) is 0 Å². The van der Waals surface area contributed by atoms with Gasteiger partial charge in [0.1, 0.15) is 0 Å². The standard InChI is InChI=1S/C13H19N5S/c1-10(2)14-8-11-5-4-6-12(7-11)19-9-13-15-17-18(3)16-13/h4-7,10,14H,8-9H2,1-3H3. The second kappa shape index (κ2) is 6.68. The van der Waals surface area contributed by atoms with Gasteiger partial charge in [-0.1, -0.05) is 26.0 Å². The van der Waals surface area contributed by atoms with E-state index in [9.17, 15) is 0 Å². The van der Waals surface area contributed by atoms with Crippen molar-refractivity contribution in [2.24, 2.45) is 7.05 Å². The molecule has 2 aromatic rings. The Labute approximate surface area is 117 Å². The van der Waals surface area contributed by atoms with E-state index in [1.165, 1.54) is 15.3 Å². The van der Waals surface area contributed by atoms with Crippen LogP contribution in [0.3, 0.4) is 0 Å². The van der Waals surface area contributed by atoms with Crippen LogP contribution < -0.4 is 5.32 Å². The number of aryl methyl sites for hydroxylation is 1. The molecular weight excluding hydrogens is 258 g/mol. The topological polar surface area (TPSA) is 55.6 Å². The molecule has 1 aromatic heterocycles. The van der Waals surface area contributed by atoms with Crippen LogP contribution in [0.5, 0.6) is 0 Å². The van der Waals surface area contributed by atoms with E-state index in [0.29, 0.717) is 6.04 Å². The number of rotatable bonds is 6. The first-order valence-electron chi connectivity index (χ1n) is 6.31. The van der Waals surface area contributed by atoms with Crippen molar-refractivity contribution in [1.82, 2.24) is 25.5 Å². The third kappa shape index (κ3) is 4.65. The summed E-state index contributed by atoms with van der Waals surface area (Å²) in [5.41, 5.74) is 1.30. The summed E-state index contributed by atoms with van der Waals surface area (Å²) in [5.74, 6) is 1.51. The van der Waals surface area contributed by atoms with Crippen LogP contribution in [0, 0.1) is 0 Å². The molecule has 0 fully saturated rings. The summed E-state index contributed by atoms with van der Waals surface area (Å²) in [6.45, 7) is 5.20. The SMILES string of the molecule is CC(C)NCc1cccc(SCc2nnn(C)n2)c1. The molecule has 1 N–H and O–H groups in total. The van der Waals surface area contributed by atoms with Crippen LogP contribution in [0.2, 0.25) is 0 Å². The Kier molecular flexibility index (Phi) is 4.93. The Hall–Kier alpha value is -1.40. The van der Waals surface area contributed by atoms with Crippen molar-refractivity contribution in [2.45, 2.75) is 37.1 Å². The third-order valence-electron chi connectivity index (χ3n) is 2.53. The zero-order valence-corrected chi connectivity index (χ0v) is 12.3. The third-order valence-corrected chi connectivity index (χ3v) is 3.52. The highest BCUT2D eigenvalue weighted by Gasteiger charge is 2.03. The first-order chi connectivity index (χ1) is 9.13. The summed E-state index contributed by atoms with van der Waals surface area (Å²) >= 11 is 1.73. The fourth-order valence-electron chi connectivity index (χ4n) is 1.60. The molecule has 0 aliphatic carbocycles. The van der Waals surface area contributed by atoms with E-state index >= 15 is 0 Å². The number of benzene rings is 1. The van der Waals surface area contributed by atoms with Crippen LogP contribution >= 0.6 is 11.8 Å². The maximum absolute atomic E-state index is 4.17. The lowest BCUT2D eigenvalue weighted by molar-refractivity contribution is 0.588. The van der Waals surface area contributed by atoms with E-state index in [1.54, 1.807) is 18.8 Å². The maximum Gasteiger partial charge on any atom is 0.184 e. The zero-order chi connectivity index (χ0) is 13.7. The Morgan fingerprint density at radius 2 is 2.21 bits per heavy atom. The summed E-state index contributed by atoms with van der Waals surface area (Å²) < 4.78 is 0. The molecule has 0 amide bonds. The maximum atomic E-state index is 4.17. The Morgan fingerprint density at radius 1 is 1.37 bits per heavy atom. The quantitative estimate of drug-likeness (QED) is 0.818. The molecule has 0 unspecified atom stereocenters. The molecule has 102 valence electrons. The Morgan fingerprint density at radius 3 is 2.89 bits per heavy atom. The van der Waals surface area contributed by atoms with E-state index in [0.717, 1.165) is 18.1 Å². The van der Waals surface area contributed by atoms with Crippen molar-refractivity contribution in [3.63, 3.8) is 0 Å². The van der Waals surface area contributed by atoms with Crippen LogP contribution in [-0.4, -0.2) is 26.2 Å². The van der Waals surface area contributed by atoms with Crippen LogP contribution in [0.15, 0.2) is 29.2 Å². The molecule has 0 spiro atoms. The van der Waals surface area contributed by atoms with Gasteiger partial charge in [0.15, 0.2) is 5.82 Å². The second-order valence-electron chi connectivity index (χ2n) is 4.67. The highest BCUT2D eigenvalue weighted by atomic mass is 32.2. The smallest absolute Gasteiger partial charge is 0.184 e. The van der Waals surface area contributed by atoms with Crippen LogP contribution in [0.4, 0.5) is 0 Å². The van der Waals surface area contributed by atoms with Gasteiger partial charge in [-0.15, -0.1) is 22.0 Å². The molecule has 19 heavy (non-hydrogen) atoms. The number of nitrogens with one attached hydrogen (secondary N) is 1. The molecule has 0 bridgehead atoms. The molecule has 5 nitrogen and oxygen atoms in total. The summed E-state index contributed by atoms with van der Waals surface area (Å²) in [5, 5.41) is 15.4. The summed E-state index contributed by atoms with van der Waals surface area (Å²) in [4.78, 5) is 2.72. The molecule has 0 saturated heterocycles. The van der Waals surface area contributed by atoms with Crippen molar-refractivity contribution in [1.29, 1.82) is 0 Å². The first-order valence-corrected chi connectivity index (χ1v) is 7.30. The molecule has 0 saturated carbocycles. The summed E-state index contributed by atoms with van der Waals surface area (Å²) in [7, 11) is 1.78. The molecular formula is C13H19N5S. The number of thioether (sulfide) groups is 1. The van der Waals surface area contributed by atoms with Crippen molar-refractivity contribution in [3.05, 3.63) is 35.7 Å². The fraction of sp³-hybridized carbons (Fsp3) is 0.462. The molecule has 0 atom stereocenters. The molecule has 2 rings (SSSR count). The van der Waals surface area contributed by atoms with Crippen molar-refractivity contribution >= 4 is 11.8 Å². The van der Waals surface area contributed by atoms with Gasteiger partial charge in [-0.2, -0.15) is 4.80 Å². The molecule has 1 aromatic carbocycles. The van der Waals surface area contributed by atoms with Crippen molar-refractivity contribution < 1.29 is 0 Å². The van der Waals surface area contributed by atoms with Crippen molar-refractivity contribution in [2.75, 3.05) is 0 Å². The van der Waals surface area contributed by atoms with Gasteiger partial charge in [0.05, 0.1) is 12.8 Å². The van der Waals surface area contributed by atoms with Crippen LogP contribution in [0.25, 0.3) is 0 Å². The number of hydrogen-bond acceptors (Lipinski definition) is 5. The number of tetrazole rings is 1. The van der Waals surface area contributed by atoms with Crippen molar-refractivity contribution in [3.8, 4) is 0 Å². The molecule has 1 heterocycles. The molecule has 0 radical (unpaired) electrons. The van der Waals surface area contributed by atoms with Gasteiger partial charge in [-0.05, 0) is 22.9 Å². The van der Waals surface area contributed by atoms with E-state index < -0.39 is 0 Å². The molecule has 0 aliphatic heterocycles. The normalized spacial score (nSPS) is 11.2. The minimum atomic E-state index is 0.500. The predicted octanol–water partition coefficient (Wildman–Crippen LogP) is 2.00. The number of nitrogens with zero attached hydrogens (tertiary/aromatic N) is 4. The monoisotopic (exact) mass is 277 g/mol. The Bertz CT molecular complexity index is 523. The lowest BCUT2D eigenvalue weighted by atomic mass is 10.2. The summed E-state index contributed by atoms with van der Waals surface area (Å²) in [6, 6.07) is 9.04. The number of aromatic nitrogens is 4. The highest BCUT2D eigenvalue weighted by molar-refractivity contribution is 7.98. The van der Waals surface area contributed by atoms with Crippen LogP contribution in [-0.2, 0) is 19.3 Å². The minimum Gasteiger partial charge on any atom is -0.310 e. The predicted molar refractivity (Wildman–Crippen MR) is 76.8 cm³/mol. The fourth-order valence-corrected chi connectivity index (χ4v) is 2.42. The average Bonchev–Trinajstić information content (AvgIpc) is 2.80. The lowest BCUT2D eigenvalue weighted by Gasteiger charge is -2.09. The van der Waals surface area contributed by atoms with Gasteiger partial charge in [-0.3, -0.25) is 0 Å². The molecule has 0 aliphatic rings. The Balaban J connectivity index is 1.91. The minimum absolute atomic E-state index is 0.500. The zero-order valence-electron chi connectivity index (χ0n) is 11.5. The van der Waals surface area contributed by atoms with Gasteiger partial charge in [-0.25, -0.2) is 0 Å². The van der Waals surface area contributed by atoms with Gasteiger partial charge in [0.25, 0.3) is 0 Å². The number of hydrogen-bond donors (Lipinski definition) is 1. The van der Waals surface area contributed by atoms with Gasteiger partial charge in [0.2, 0.25) is 0 Å². The van der Waals surface area contributed by atoms with E-state index in [2.05, 4.69) is 58.8 Å².